The van der Waals surface area contributed by atoms with Gasteiger partial charge in [-0.15, -0.1) is 0 Å². The number of fused-ring (bicyclic) bond motifs is 1. The van der Waals surface area contributed by atoms with E-state index < -0.39 is 18.8 Å². The summed E-state index contributed by atoms with van der Waals surface area (Å²) < 4.78 is 26.3. The molecule has 4 rings (SSSR count). The highest BCUT2D eigenvalue weighted by Gasteiger charge is 2.32. The smallest absolute Gasteiger partial charge is 0.423 e. The van der Waals surface area contributed by atoms with Gasteiger partial charge in [0.15, 0.2) is 5.82 Å². The van der Waals surface area contributed by atoms with Gasteiger partial charge in [0.05, 0.1) is 31.2 Å². The molecule has 4 N–H and O–H groups in total. The first-order valence-corrected chi connectivity index (χ1v) is 8.73. The molecule has 1 saturated heterocycles. The summed E-state index contributed by atoms with van der Waals surface area (Å²) in [4.78, 5) is 11.9. The van der Waals surface area contributed by atoms with Crippen LogP contribution in [0.5, 0.6) is 0 Å². The van der Waals surface area contributed by atoms with Crippen molar-refractivity contribution < 1.29 is 23.6 Å². The molecule has 144 valence electrons. The lowest BCUT2D eigenvalue weighted by Gasteiger charge is -2.26. The summed E-state index contributed by atoms with van der Waals surface area (Å²) in [5, 5.41) is 26.3. The Bertz CT molecular complexity index is 975. The molecule has 11 heteroatoms. The third-order valence-corrected chi connectivity index (χ3v) is 4.95. The number of rotatable bonds is 4. The summed E-state index contributed by atoms with van der Waals surface area (Å²) in [5.74, 6) is -1.50. The van der Waals surface area contributed by atoms with E-state index in [2.05, 4.69) is 16.5 Å². The number of nitrogens with two attached hydrogens (primary N) is 1. The van der Waals surface area contributed by atoms with Crippen molar-refractivity contribution in [2.45, 2.75) is 19.1 Å². The maximum atomic E-state index is 14.3. The molecule has 1 aromatic heterocycles. The number of nitriles is 1. The highest BCUT2D eigenvalue weighted by Crippen LogP contribution is 2.29. The average Bonchev–Trinajstić information content (AvgIpc) is 3.26. The second kappa shape index (κ2) is 7.24. The van der Waals surface area contributed by atoms with Crippen molar-refractivity contribution in [3.05, 3.63) is 35.3 Å². The quantitative estimate of drug-likeness (QED) is 0.639. The number of hydrogen-bond donors (Lipinski definition) is 3. The number of carbonyl (C=O) groups is 1. The Kier molecular flexibility index (Phi) is 4.76. The van der Waals surface area contributed by atoms with E-state index in [0.717, 1.165) is 0 Å². The van der Waals surface area contributed by atoms with Gasteiger partial charge in [-0.25, -0.2) is 4.39 Å². The van der Waals surface area contributed by atoms with Gasteiger partial charge in [-0.3, -0.25) is 9.48 Å². The molecule has 3 heterocycles. The molecule has 0 unspecified atom stereocenters. The standard InChI is InChI=1S/C17H17BFN5O4/c19-13-4-11(3-10-7-28-18(26)15(10)13)22-17-12(16(21)25)6-24(23-17)14-8-27-2-1-9(14)5-20/h3-4,6,9,14,26H,1-2,7-8H2,(H2,21,25)(H,22,23)/t9-,14+/m0/s1. The summed E-state index contributed by atoms with van der Waals surface area (Å²) in [6.45, 7) is 0.857. The molecular weight excluding hydrogens is 368 g/mol. The van der Waals surface area contributed by atoms with Crippen LogP contribution in [0.25, 0.3) is 0 Å². The van der Waals surface area contributed by atoms with E-state index in [1.54, 1.807) is 6.07 Å². The van der Waals surface area contributed by atoms with E-state index in [1.165, 1.54) is 16.9 Å². The molecule has 2 aliphatic heterocycles. The number of anilines is 2. The number of amides is 1. The minimum absolute atomic E-state index is 0.0727. The molecule has 9 nitrogen and oxygen atoms in total. The number of benzene rings is 1. The molecule has 0 radical (unpaired) electrons. The van der Waals surface area contributed by atoms with E-state index in [9.17, 15) is 19.5 Å². The molecule has 2 aliphatic rings. The van der Waals surface area contributed by atoms with E-state index >= 15 is 0 Å². The summed E-state index contributed by atoms with van der Waals surface area (Å²) in [6, 6.07) is 4.68. The molecule has 2 atom stereocenters. The van der Waals surface area contributed by atoms with Crippen LogP contribution in [0.15, 0.2) is 18.3 Å². The fraction of sp³-hybridized carbons (Fsp3) is 0.353. The summed E-state index contributed by atoms with van der Waals surface area (Å²) in [6.07, 6.45) is 2.03. The van der Waals surface area contributed by atoms with Crippen molar-refractivity contribution in [3.8, 4) is 6.07 Å². The number of halogens is 1. The van der Waals surface area contributed by atoms with E-state index in [0.29, 0.717) is 30.9 Å². The van der Waals surface area contributed by atoms with Crippen molar-refractivity contribution in [2.75, 3.05) is 18.5 Å². The lowest BCUT2D eigenvalue weighted by atomic mass is 9.79. The zero-order chi connectivity index (χ0) is 19.8. The summed E-state index contributed by atoms with van der Waals surface area (Å²) in [5.41, 5.74) is 6.50. The van der Waals surface area contributed by atoms with Crippen molar-refractivity contribution >= 4 is 30.0 Å². The van der Waals surface area contributed by atoms with Crippen molar-refractivity contribution in [1.82, 2.24) is 9.78 Å². The maximum Gasteiger partial charge on any atom is 0.494 e. The van der Waals surface area contributed by atoms with Crippen LogP contribution in [0.1, 0.15) is 28.4 Å². The molecule has 0 bridgehead atoms. The topological polar surface area (TPSA) is 135 Å². The van der Waals surface area contributed by atoms with Crippen LogP contribution in [-0.4, -0.2) is 41.0 Å². The van der Waals surface area contributed by atoms with Gasteiger partial charge in [0.2, 0.25) is 0 Å². The zero-order valence-corrected chi connectivity index (χ0v) is 14.8. The Morgan fingerprint density at radius 1 is 1.54 bits per heavy atom. The summed E-state index contributed by atoms with van der Waals surface area (Å²) >= 11 is 0. The van der Waals surface area contributed by atoms with Crippen LogP contribution < -0.4 is 16.5 Å². The van der Waals surface area contributed by atoms with Gasteiger partial charge in [-0.05, 0) is 24.1 Å². The number of hydrogen-bond acceptors (Lipinski definition) is 7. The molecule has 1 fully saturated rings. The van der Waals surface area contributed by atoms with Crippen molar-refractivity contribution in [1.29, 1.82) is 5.26 Å². The Balaban J connectivity index is 1.67. The molecule has 28 heavy (non-hydrogen) atoms. The fourth-order valence-corrected chi connectivity index (χ4v) is 3.50. The first-order chi connectivity index (χ1) is 13.5. The van der Waals surface area contributed by atoms with Gasteiger partial charge >= 0.3 is 7.12 Å². The second-order valence-corrected chi connectivity index (χ2v) is 6.72. The predicted octanol–water partition coefficient (Wildman–Crippen LogP) is 0.184. The fourth-order valence-electron chi connectivity index (χ4n) is 3.50. The molecule has 2 aromatic rings. The highest BCUT2D eigenvalue weighted by atomic mass is 19.1. The van der Waals surface area contributed by atoms with E-state index in [4.69, 9.17) is 15.1 Å². The van der Waals surface area contributed by atoms with Gasteiger partial charge in [0.25, 0.3) is 5.91 Å². The minimum Gasteiger partial charge on any atom is -0.423 e. The third kappa shape index (κ3) is 3.22. The molecule has 0 saturated carbocycles. The molecule has 0 aliphatic carbocycles. The van der Waals surface area contributed by atoms with Crippen molar-refractivity contribution in [2.24, 2.45) is 11.7 Å². The molecular formula is C17H17BFN5O4. The Morgan fingerprint density at radius 3 is 3.11 bits per heavy atom. The number of aromatic nitrogens is 2. The lowest BCUT2D eigenvalue weighted by Crippen LogP contribution is -2.31. The van der Waals surface area contributed by atoms with Crippen LogP contribution >= 0.6 is 0 Å². The SMILES string of the molecule is N#C[C@@H]1CCOC[C@H]1n1cc(C(N)=O)c(Nc2cc(F)c3c(c2)COB3O)n1. The monoisotopic (exact) mass is 385 g/mol. The molecule has 0 spiro atoms. The highest BCUT2D eigenvalue weighted by molar-refractivity contribution is 6.61. The summed E-state index contributed by atoms with van der Waals surface area (Å²) in [7, 11) is -1.29. The number of nitrogens with zero attached hydrogens (tertiary/aromatic N) is 3. The van der Waals surface area contributed by atoms with Gasteiger partial charge in [0.1, 0.15) is 11.4 Å². The van der Waals surface area contributed by atoms with Crippen LogP contribution in [0.2, 0.25) is 0 Å². The average molecular weight is 385 g/mol. The van der Waals surface area contributed by atoms with Gasteiger partial charge in [-0.2, -0.15) is 10.4 Å². The van der Waals surface area contributed by atoms with Crippen LogP contribution in [-0.2, 0) is 16.0 Å². The van der Waals surface area contributed by atoms with E-state index in [-0.39, 0.29) is 35.4 Å². The maximum absolute atomic E-state index is 14.3. The van der Waals surface area contributed by atoms with Crippen LogP contribution in [0.3, 0.4) is 0 Å². The first-order valence-electron chi connectivity index (χ1n) is 8.73. The Labute approximate surface area is 160 Å². The van der Waals surface area contributed by atoms with Crippen LogP contribution in [0.4, 0.5) is 15.9 Å². The number of primary amides is 1. The minimum atomic E-state index is -1.29. The van der Waals surface area contributed by atoms with E-state index in [1.807, 2.05) is 0 Å². The van der Waals surface area contributed by atoms with Gasteiger partial charge < -0.3 is 25.5 Å². The largest absolute Gasteiger partial charge is 0.494 e. The number of carbonyl (C=O) groups excluding carboxylic acids is 1. The lowest BCUT2D eigenvalue weighted by molar-refractivity contribution is 0.0342. The molecule has 1 amide bonds. The number of nitrogens with one attached hydrogen (secondary N) is 1. The second-order valence-electron chi connectivity index (χ2n) is 6.72. The van der Waals surface area contributed by atoms with Crippen molar-refractivity contribution in [3.63, 3.8) is 0 Å². The Hall–Kier alpha value is -2.94. The predicted molar refractivity (Wildman–Crippen MR) is 96.4 cm³/mol. The van der Waals surface area contributed by atoms with Gasteiger partial charge in [0, 0.05) is 24.0 Å². The molecule has 1 aromatic carbocycles. The third-order valence-electron chi connectivity index (χ3n) is 4.95. The zero-order valence-electron chi connectivity index (χ0n) is 14.8. The number of ether oxygens (including phenoxy) is 1. The van der Waals surface area contributed by atoms with Crippen LogP contribution in [0, 0.1) is 23.1 Å². The Morgan fingerprint density at radius 2 is 2.36 bits per heavy atom. The first kappa shape index (κ1) is 18.4. The normalized spacial score (nSPS) is 21.2. The van der Waals surface area contributed by atoms with Gasteiger partial charge in [-0.1, -0.05) is 0 Å².